The highest BCUT2D eigenvalue weighted by Gasteiger charge is 2.28. The van der Waals surface area contributed by atoms with Crippen molar-refractivity contribution in [1.29, 1.82) is 0 Å². The first-order valence-electron chi connectivity index (χ1n) is 19.9. The zero-order chi connectivity index (χ0) is 45.5. The normalized spacial score (nSPS) is 12.3. The molecule has 0 aliphatic carbocycles. The van der Waals surface area contributed by atoms with E-state index in [1.54, 1.807) is 0 Å². The smallest absolute Gasteiger partial charge is 0.147 e. The highest BCUT2D eigenvalue weighted by molar-refractivity contribution is 9.12. The Morgan fingerprint density at radius 2 is 0.850 bits per heavy atom. The molecule has 0 amide bonds. The quantitative estimate of drug-likeness (QED) is 0.0817. The molecule has 4 nitrogen and oxygen atoms in total. The van der Waals surface area contributed by atoms with Crippen LogP contribution in [0.3, 0.4) is 0 Å². The molecule has 0 saturated heterocycles. The first-order valence-corrected chi connectivity index (χ1v) is 26.2. The van der Waals surface area contributed by atoms with E-state index in [-0.39, 0.29) is 22.3 Å². The molecule has 330 valence electrons. The van der Waals surface area contributed by atoms with Crippen molar-refractivity contribution in [2.45, 2.75) is 105 Å². The van der Waals surface area contributed by atoms with Crippen molar-refractivity contribution >= 4 is 127 Å². The van der Waals surface area contributed by atoms with Gasteiger partial charge in [0, 0.05) is 10.8 Å². The lowest BCUT2D eigenvalue weighted by Gasteiger charge is -2.28. The molecule has 0 aromatic heterocycles. The van der Waals surface area contributed by atoms with E-state index < -0.39 is 0 Å². The van der Waals surface area contributed by atoms with Gasteiger partial charge in [-0.25, -0.2) is 0 Å². The number of hydrogen-bond acceptors (Lipinski definition) is 4. The van der Waals surface area contributed by atoms with Crippen LogP contribution in [0, 0.1) is 11.8 Å². The minimum absolute atomic E-state index is 0.202. The van der Waals surface area contributed by atoms with Crippen LogP contribution in [0.2, 0.25) is 0 Å². The molecule has 2 N–H and O–H groups in total. The monoisotopic (exact) mass is 1330 g/mol. The Labute approximate surface area is 427 Å². The predicted molar refractivity (Wildman–Crippen MR) is 284 cm³/mol. The SMILES string of the molecule is C=CCC(C)CC.C=CCCOc1c(Br)cc(C(C)(C)c2cc(Br)c(O)c(Br)c2)cc1Br.CCC(C)CCCOc1c(Br)cc(C(C)(C)c2cc(Br)c(O)c(Br)c2)cc1Br. The molecule has 0 saturated carbocycles. The molecule has 0 aliphatic heterocycles. The molecule has 0 aliphatic rings. The molecular weight excluding hydrogens is 1280 g/mol. The Morgan fingerprint density at radius 3 is 1.13 bits per heavy atom. The zero-order valence-corrected chi connectivity index (χ0v) is 48.4. The van der Waals surface area contributed by atoms with Crippen molar-refractivity contribution in [3.63, 3.8) is 0 Å². The molecule has 12 heteroatoms. The molecule has 0 fully saturated rings. The minimum Gasteiger partial charge on any atom is -0.506 e. The van der Waals surface area contributed by atoms with Crippen LogP contribution in [-0.2, 0) is 10.8 Å². The van der Waals surface area contributed by atoms with Gasteiger partial charge >= 0.3 is 0 Å². The van der Waals surface area contributed by atoms with E-state index >= 15 is 0 Å². The van der Waals surface area contributed by atoms with Crippen LogP contribution < -0.4 is 9.47 Å². The van der Waals surface area contributed by atoms with E-state index in [1.165, 1.54) is 19.3 Å². The summed E-state index contributed by atoms with van der Waals surface area (Å²) in [5, 5.41) is 20.0. The van der Waals surface area contributed by atoms with Gasteiger partial charge in [-0.2, -0.15) is 0 Å². The van der Waals surface area contributed by atoms with E-state index in [2.05, 4.69) is 220 Å². The van der Waals surface area contributed by atoms with Crippen LogP contribution in [0.4, 0.5) is 0 Å². The number of aromatic hydroxyl groups is 2. The summed E-state index contributed by atoms with van der Waals surface area (Å²) in [6, 6.07) is 16.2. The second kappa shape index (κ2) is 26.4. The molecule has 60 heavy (non-hydrogen) atoms. The summed E-state index contributed by atoms with van der Waals surface area (Å²) >= 11 is 28.3. The van der Waals surface area contributed by atoms with Gasteiger partial charge in [0.2, 0.25) is 0 Å². The third-order valence-electron chi connectivity index (χ3n) is 10.5. The van der Waals surface area contributed by atoms with Crippen molar-refractivity contribution in [1.82, 2.24) is 0 Å². The van der Waals surface area contributed by atoms with Gasteiger partial charge in [-0.1, -0.05) is 80.4 Å². The number of rotatable bonds is 17. The summed E-state index contributed by atoms with van der Waals surface area (Å²) in [7, 11) is 0. The number of phenols is 2. The Hall–Kier alpha value is -0.600. The Balaban J connectivity index is 0.000000358. The fraction of sp³-hybridized carbons (Fsp3) is 0.417. The Morgan fingerprint density at radius 1 is 0.533 bits per heavy atom. The minimum atomic E-state index is -0.274. The maximum Gasteiger partial charge on any atom is 0.147 e. The predicted octanol–water partition coefficient (Wildman–Crippen LogP) is 19.3. The molecule has 4 rings (SSSR count). The molecule has 0 bridgehead atoms. The highest BCUT2D eigenvalue weighted by atomic mass is 79.9. The summed E-state index contributed by atoms with van der Waals surface area (Å²) < 4.78 is 18.2. The molecule has 4 aromatic carbocycles. The summed E-state index contributed by atoms with van der Waals surface area (Å²) in [4.78, 5) is 0. The summed E-state index contributed by atoms with van der Waals surface area (Å²) in [6.45, 7) is 26.2. The van der Waals surface area contributed by atoms with E-state index in [1.807, 2.05) is 36.4 Å². The lowest BCUT2D eigenvalue weighted by molar-refractivity contribution is 0.290. The highest BCUT2D eigenvalue weighted by Crippen LogP contribution is 2.45. The van der Waals surface area contributed by atoms with Crippen molar-refractivity contribution in [2.24, 2.45) is 11.8 Å². The summed E-state index contributed by atoms with van der Waals surface area (Å²) in [6.07, 6.45) is 10.5. The Bertz CT molecular complexity index is 1950. The van der Waals surface area contributed by atoms with Gasteiger partial charge in [-0.15, -0.1) is 13.2 Å². The zero-order valence-electron chi connectivity index (χ0n) is 35.7. The topological polar surface area (TPSA) is 58.9 Å². The van der Waals surface area contributed by atoms with Gasteiger partial charge in [0.05, 0.1) is 49.0 Å². The standard InChI is InChI=1S/C22H26Br4O2.C19H18Br4O2.C7H14/c1-5-13(2)7-6-8-28-21-18(25)11-15(12-19(21)26)22(3,4)14-9-16(23)20(27)17(24)10-14;1-4-5-6-25-18-15(22)9-12(10-16(18)23)19(2,3)11-7-13(20)17(24)14(21)8-11;1-4-6-7(3)5-2/h9-13,27H,5-8H2,1-4H3;4,7-10,24H,1,5-6H2,2-3H3;4,7H,1,5-6H2,2-3H3. The third kappa shape index (κ3) is 16.1. The third-order valence-corrected chi connectivity index (χ3v) is 15.3. The fourth-order valence-corrected chi connectivity index (χ4v) is 11.0. The number of hydrogen-bond donors (Lipinski definition) is 2. The van der Waals surface area contributed by atoms with Gasteiger partial charge in [0.15, 0.2) is 0 Å². The van der Waals surface area contributed by atoms with Gasteiger partial charge in [-0.05, 0) is 236 Å². The number of benzene rings is 4. The molecule has 0 radical (unpaired) electrons. The molecule has 0 heterocycles. The average molecular weight is 1340 g/mol. The second-order valence-corrected chi connectivity index (χ2v) is 22.7. The largest absolute Gasteiger partial charge is 0.506 e. The van der Waals surface area contributed by atoms with Crippen molar-refractivity contribution in [3.05, 3.63) is 132 Å². The maximum atomic E-state index is 10.0. The molecule has 2 unspecified atom stereocenters. The van der Waals surface area contributed by atoms with Crippen molar-refractivity contribution in [3.8, 4) is 23.0 Å². The van der Waals surface area contributed by atoms with E-state index in [0.29, 0.717) is 31.1 Å². The van der Waals surface area contributed by atoms with Crippen molar-refractivity contribution in [2.75, 3.05) is 13.2 Å². The summed E-state index contributed by atoms with van der Waals surface area (Å²) in [5.74, 6) is 3.61. The first-order chi connectivity index (χ1) is 28.1. The van der Waals surface area contributed by atoms with Crippen LogP contribution in [0.25, 0.3) is 0 Å². The summed E-state index contributed by atoms with van der Waals surface area (Å²) in [5.41, 5.74) is 3.88. The van der Waals surface area contributed by atoms with E-state index in [0.717, 1.165) is 82.7 Å². The van der Waals surface area contributed by atoms with Crippen LogP contribution in [0.5, 0.6) is 23.0 Å². The number of ether oxygens (including phenoxy) is 2. The van der Waals surface area contributed by atoms with Gasteiger partial charge < -0.3 is 19.7 Å². The van der Waals surface area contributed by atoms with Gasteiger partial charge in [0.1, 0.15) is 23.0 Å². The van der Waals surface area contributed by atoms with Gasteiger partial charge in [0.25, 0.3) is 0 Å². The van der Waals surface area contributed by atoms with Crippen LogP contribution >= 0.6 is 127 Å². The number of allylic oxidation sites excluding steroid dienone is 1. The number of halogens is 8. The number of phenolic OH excluding ortho intramolecular Hbond substituents is 2. The van der Waals surface area contributed by atoms with Crippen molar-refractivity contribution < 1.29 is 19.7 Å². The van der Waals surface area contributed by atoms with Crippen LogP contribution in [-0.4, -0.2) is 23.4 Å². The molecule has 2 atom stereocenters. The average Bonchev–Trinajstić information content (AvgIpc) is 3.19. The first kappa shape index (κ1) is 55.5. The van der Waals surface area contributed by atoms with E-state index in [4.69, 9.17) is 9.47 Å². The molecular formula is C48H58Br8O4. The Kier molecular flexibility index (Phi) is 24.4. The lowest BCUT2D eigenvalue weighted by atomic mass is 9.78. The van der Waals surface area contributed by atoms with Gasteiger partial charge in [-0.3, -0.25) is 0 Å². The fourth-order valence-electron chi connectivity index (χ4n) is 5.81. The maximum absolute atomic E-state index is 10.0. The van der Waals surface area contributed by atoms with Crippen LogP contribution in [0.1, 0.15) is 116 Å². The second-order valence-electron chi connectivity index (χ2n) is 15.8. The van der Waals surface area contributed by atoms with E-state index in [9.17, 15) is 10.2 Å². The molecule has 4 aromatic rings. The lowest BCUT2D eigenvalue weighted by Crippen LogP contribution is -2.19. The molecule has 0 spiro atoms. The van der Waals surface area contributed by atoms with Crippen LogP contribution in [0.15, 0.2) is 110 Å².